The zero-order valence-electron chi connectivity index (χ0n) is 14.0. The van der Waals surface area contributed by atoms with Crippen LogP contribution in [0.15, 0.2) is 40.6 Å². The van der Waals surface area contributed by atoms with Crippen molar-refractivity contribution in [3.63, 3.8) is 0 Å². The molecule has 1 unspecified atom stereocenters. The summed E-state index contributed by atoms with van der Waals surface area (Å²) in [6.07, 6.45) is 0. The number of azo groups is 1. The van der Waals surface area contributed by atoms with E-state index in [4.69, 9.17) is 32.7 Å². The van der Waals surface area contributed by atoms with Crippen molar-refractivity contribution in [2.75, 3.05) is 6.79 Å². The molecule has 0 radical (unpaired) electrons. The van der Waals surface area contributed by atoms with Gasteiger partial charge in [0, 0.05) is 0 Å². The Labute approximate surface area is 163 Å². The molecule has 4 rings (SSSR count). The van der Waals surface area contributed by atoms with Gasteiger partial charge in [-0.1, -0.05) is 29.3 Å². The van der Waals surface area contributed by atoms with E-state index in [1.165, 1.54) is 0 Å². The maximum absolute atomic E-state index is 12.5. The number of rotatable bonds is 3. The molecular formula is C18H13Cl2N3O4. The highest BCUT2D eigenvalue weighted by Gasteiger charge is 2.21. The topological polar surface area (TPSA) is 96.3 Å². The number of carbonyl (C=O) groups excluding carboxylic acids is 1. The zero-order valence-corrected chi connectivity index (χ0v) is 15.5. The van der Waals surface area contributed by atoms with Gasteiger partial charge in [0.05, 0.1) is 26.9 Å². The molecule has 1 amide bonds. The van der Waals surface area contributed by atoms with Gasteiger partial charge in [-0.05, 0) is 36.8 Å². The number of carbonyl (C=O) groups is 1. The third kappa shape index (κ3) is 3.09. The number of nitrogens with zero attached hydrogens (tertiary/aromatic N) is 2. The Balaban J connectivity index is 1.63. The van der Waals surface area contributed by atoms with Crippen LogP contribution in [-0.4, -0.2) is 22.8 Å². The Bertz CT molecular complexity index is 1090. The lowest BCUT2D eigenvalue weighted by Gasteiger charge is -2.07. The lowest BCUT2D eigenvalue weighted by atomic mass is 10.0. The summed E-state index contributed by atoms with van der Waals surface area (Å²) in [5.41, 5.74) is 1.20. The fraction of sp³-hybridized carbons (Fsp3) is 0.167. The molecule has 2 heterocycles. The Morgan fingerprint density at radius 1 is 1.19 bits per heavy atom. The molecule has 0 fully saturated rings. The minimum Gasteiger partial charge on any atom is -0.493 e. The van der Waals surface area contributed by atoms with E-state index in [2.05, 4.69) is 15.2 Å². The van der Waals surface area contributed by atoms with Gasteiger partial charge in [-0.3, -0.25) is 4.79 Å². The number of hydrogen-bond donors (Lipinski definition) is 2. The number of amides is 1. The van der Waals surface area contributed by atoms with E-state index in [0.29, 0.717) is 38.0 Å². The first-order valence-corrected chi connectivity index (χ1v) is 8.75. The second kappa shape index (κ2) is 6.75. The van der Waals surface area contributed by atoms with E-state index >= 15 is 0 Å². The molecule has 2 N–H and O–H groups in total. The monoisotopic (exact) mass is 405 g/mol. The minimum absolute atomic E-state index is 0.0590. The summed E-state index contributed by atoms with van der Waals surface area (Å²) in [5, 5.41) is 18.8. The molecule has 2 aromatic carbocycles. The van der Waals surface area contributed by atoms with Crippen molar-refractivity contribution >= 4 is 45.7 Å². The van der Waals surface area contributed by atoms with E-state index in [1.54, 1.807) is 37.3 Å². The molecule has 3 aromatic rings. The van der Waals surface area contributed by atoms with Crippen LogP contribution in [0.3, 0.4) is 0 Å². The average Bonchev–Trinajstić information content (AvgIpc) is 3.26. The Morgan fingerprint density at radius 2 is 1.93 bits per heavy atom. The van der Waals surface area contributed by atoms with Crippen LogP contribution in [0.25, 0.3) is 10.9 Å². The summed E-state index contributed by atoms with van der Waals surface area (Å²) in [5.74, 6) is -0.0993. The molecule has 1 aliphatic rings. The minimum atomic E-state index is -0.561. The highest BCUT2D eigenvalue weighted by molar-refractivity contribution is 6.41. The molecule has 9 heteroatoms. The summed E-state index contributed by atoms with van der Waals surface area (Å²) < 4.78 is 10.6. The molecule has 0 aliphatic carbocycles. The van der Waals surface area contributed by atoms with E-state index in [1.807, 2.05) is 0 Å². The van der Waals surface area contributed by atoms with Crippen LogP contribution in [0, 0.1) is 0 Å². The summed E-state index contributed by atoms with van der Waals surface area (Å²) in [4.78, 5) is 15.1. The van der Waals surface area contributed by atoms with Crippen LogP contribution in [0.4, 0.5) is 5.69 Å². The van der Waals surface area contributed by atoms with Crippen LogP contribution in [0.5, 0.6) is 17.4 Å². The maximum atomic E-state index is 12.5. The lowest BCUT2D eigenvalue weighted by Crippen LogP contribution is -2.05. The van der Waals surface area contributed by atoms with E-state index in [-0.39, 0.29) is 18.4 Å². The van der Waals surface area contributed by atoms with Crippen molar-refractivity contribution in [2.45, 2.75) is 12.8 Å². The number of halogens is 2. The summed E-state index contributed by atoms with van der Waals surface area (Å²) >= 11 is 12.3. The zero-order chi connectivity index (χ0) is 19.1. The van der Waals surface area contributed by atoms with Crippen molar-refractivity contribution in [2.24, 2.45) is 10.2 Å². The highest BCUT2D eigenvalue weighted by Crippen LogP contribution is 2.42. The van der Waals surface area contributed by atoms with E-state index in [0.717, 1.165) is 0 Å². The van der Waals surface area contributed by atoms with Gasteiger partial charge in [-0.25, -0.2) is 0 Å². The van der Waals surface area contributed by atoms with Crippen LogP contribution in [0.1, 0.15) is 18.4 Å². The van der Waals surface area contributed by atoms with Crippen molar-refractivity contribution in [3.05, 3.63) is 45.9 Å². The normalized spacial score (nSPS) is 14.2. The van der Waals surface area contributed by atoms with E-state index < -0.39 is 11.8 Å². The Morgan fingerprint density at radius 3 is 2.74 bits per heavy atom. The smallest absolute Gasteiger partial charge is 0.271 e. The van der Waals surface area contributed by atoms with Crippen molar-refractivity contribution in [1.82, 2.24) is 4.98 Å². The number of ether oxygens (including phenoxy) is 2. The molecule has 1 aromatic heterocycles. The molecule has 27 heavy (non-hydrogen) atoms. The van der Waals surface area contributed by atoms with E-state index in [9.17, 15) is 9.90 Å². The Hall–Kier alpha value is -2.77. The molecule has 0 saturated heterocycles. The number of aromatic nitrogens is 1. The largest absolute Gasteiger partial charge is 0.493 e. The first-order valence-electron chi connectivity index (χ1n) is 7.99. The van der Waals surface area contributed by atoms with Gasteiger partial charge >= 0.3 is 0 Å². The van der Waals surface area contributed by atoms with Crippen LogP contribution < -0.4 is 9.47 Å². The predicted molar refractivity (Wildman–Crippen MR) is 100 cm³/mol. The van der Waals surface area contributed by atoms with Gasteiger partial charge in [0.15, 0.2) is 17.2 Å². The summed E-state index contributed by atoms with van der Waals surface area (Å²) in [7, 11) is 0. The Kier molecular flexibility index (Phi) is 4.41. The number of benzene rings is 2. The number of nitrogens with one attached hydrogen (secondary N) is 1. The molecule has 0 bridgehead atoms. The molecule has 7 nitrogen and oxygen atoms in total. The standard InChI is InChI=1S/C18H13Cl2N3O4/c1-8(9-2-5-12-13(6-9)27-7-26-12)17(24)23-22-16-14-10(19)3-4-11(20)15(14)21-18(16)25/h2-6,8,21,25H,7H2,1H3. The fourth-order valence-corrected chi connectivity index (χ4v) is 3.26. The second-order valence-corrected chi connectivity index (χ2v) is 6.79. The highest BCUT2D eigenvalue weighted by atomic mass is 35.5. The quantitative estimate of drug-likeness (QED) is 0.575. The lowest BCUT2D eigenvalue weighted by molar-refractivity contribution is -0.119. The third-order valence-corrected chi connectivity index (χ3v) is 4.95. The molecular weight excluding hydrogens is 393 g/mol. The predicted octanol–water partition coefficient (Wildman–Crippen LogP) is 5.32. The SMILES string of the molecule is CC(C(=O)N=Nc1c(O)[nH]c2c(Cl)ccc(Cl)c12)c1ccc2c(c1)OCO2. The molecule has 138 valence electrons. The van der Waals surface area contributed by atoms with Crippen molar-refractivity contribution in [3.8, 4) is 17.4 Å². The molecule has 0 saturated carbocycles. The average molecular weight is 406 g/mol. The number of hydrogen-bond acceptors (Lipinski definition) is 5. The first-order chi connectivity index (χ1) is 13.0. The molecule has 1 aliphatic heterocycles. The number of aromatic hydroxyl groups is 1. The number of aromatic amines is 1. The van der Waals surface area contributed by atoms with Crippen LogP contribution in [0.2, 0.25) is 10.0 Å². The molecule has 0 spiro atoms. The second-order valence-electron chi connectivity index (χ2n) is 5.97. The van der Waals surface area contributed by atoms with Crippen molar-refractivity contribution < 1.29 is 19.4 Å². The van der Waals surface area contributed by atoms with Gasteiger partial charge in [0.2, 0.25) is 12.7 Å². The summed E-state index contributed by atoms with van der Waals surface area (Å²) in [6.45, 7) is 1.86. The maximum Gasteiger partial charge on any atom is 0.271 e. The van der Waals surface area contributed by atoms with Gasteiger partial charge in [-0.15, -0.1) is 10.2 Å². The van der Waals surface area contributed by atoms with Gasteiger partial charge in [-0.2, -0.15) is 0 Å². The van der Waals surface area contributed by atoms with Crippen LogP contribution >= 0.6 is 23.2 Å². The van der Waals surface area contributed by atoms with Gasteiger partial charge in [0.1, 0.15) is 0 Å². The third-order valence-electron chi connectivity index (χ3n) is 4.32. The number of fused-ring (bicyclic) bond motifs is 2. The first kappa shape index (κ1) is 17.6. The van der Waals surface area contributed by atoms with Gasteiger partial charge < -0.3 is 19.6 Å². The number of H-pyrrole nitrogens is 1. The summed E-state index contributed by atoms with van der Waals surface area (Å²) in [6, 6.07) is 8.42. The molecule has 1 atom stereocenters. The fourth-order valence-electron chi connectivity index (χ4n) is 2.81. The van der Waals surface area contributed by atoms with Gasteiger partial charge in [0.25, 0.3) is 5.91 Å². The van der Waals surface area contributed by atoms with Crippen LogP contribution in [-0.2, 0) is 4.79 Å². The van der Waals surface area contributed by atoms with Crippen molar-refractivity contribution in [1.29, 1.82) is 0 Å².